The molecule has 0 aromatic heterocycles. The van der Waals surface area contributed by atoms with Gasteiger partial charge in [0.25, 0.3) is 0 Å². The molecule has 0 bridgehead atoms. The lowest BCUT2D eigenvalue weighted by Crippen LogP contribution is -1.91. The second kappa shape index (κ2) is 6.41. The summed E-state index contributed by atoms with van der Waals surface area (Å²) in [5.74, 6) is 0. The lowest BCUT2D eigenvalue weighted by atomic mass is 9.90. The Hall–Kier alpha value is -3.95. The molecule has 0 aliphatic rings. The first-order valence-electron chi connectivity index (χ1n) is 8.57. The Labute approximate surface area is 157 Å². The zero-order valence-corrected chi connectivity index (χ0v) is 14.8. The molecule has 0 saturated heterocycles. The minimum Gasteiger partial charge on any atom is -0.263 e. The highest BCUT2D eigenvalue weighted by atomic mass is 14.7. The third-order valence-electron chi connectivity index (χ3n) is 4.87. The van der Waals surface area contributed by atoms with Crippen LogP contribution in [0.1, 0.15) is 23.6 Å². The van der Waals surface area contributed by atoms with Gasteiger partial charge in [0, 0.05) is 10.9 Å². The molecule has 0 amide bonds. The van der Waals surface area contributed by atoms with Crippen molar-refractivity contribution in [1.82, 2.24) is 0 Å². The van der Waals surface area contributed by atoms with E-state index in [4.69, 9.17) is 0 Å². The fourth-order valence-electron chi connectivity index (χ4n) is 3.67. The molecule has 27 heavy (non-hydrogen) atoms. The van der Waals surface area contributed by atoms with Crippen LogP contribution in [0.3, 0.4) is 0 Å². The van der Waals surface area contributed by atoms with Crippen molar-refractivity contribution in [2.45, 2.75) is 6.92 Å². The topological polar surface area (TPSA) is 59.9 Å². The summed E-state index contributed by atoms with van der Waals surface area (Å²) in [5, 5.41) is 25.0. The first kappa shape index (κ1) is 16.5. The van der Waals surface area contributed by atoms with Crippen LogP contribution in [0.4, 0.5) is 5.69 Å². The fraction of sp³-hybridized carbons (Fsp3) is 0.0417. The van der Waals surface area contributed by atoms with Crippen molar-refractivity contribution in [2.24, 2.45) is 4.99 Å². The van der Waals surface area contributed by atoms with Crippen LogP contribution in [-0.4, -0.2) is 6.72 Å². The van der Waals surface area contributed by atoms with Crippen LogP contribution >= 0.6 is 0 Å². The van der Waals surface area contributed by atoms with Crippen LogP contribution < -0.4 is 0 Å². The summed E-state index contributed by atoms with van der Waals surface area (Å²) in [7, 11) is 0. The molecule has 126 valence electrons. The second-order valence-corrected chi connectivity index (χ2v) is 6.33. The summed E-state index contributed by atoms with van der Waals surface area (Å²) in [6.45, 7) is 5.73. The van der Waals surface area contributed by atoms with Gasteiger partial charge >= 0.3 is 0 Å². The van der Waals surface area contributed by atoms with Gasteiger partial charge in [-0.3, -0.25) is 4.99 Å². The Morgan fingerprint density at radius 2 is 1.41 bits per heavy atom. The summed E-state index contributed by atoms with van der Waals surface area (Å²) < 4.78 is 0. The van der Waals surface area contributed by atoms with Gasteiger partial charge in [0.05, 0.1) is 16.8 Å². The van der Waals surface area contributed by atoms with E-state index in [0.29, 0.717) is 11.1 Å². The van der Waals surface area contributed by atoms with E-state index < -0.39 is 0 Å². The van der Waals surface area contributed by atoms with Crippen molar-refractivity contribution in [1.29, 1.82) is 10.5 Å². The maximum absolute atomic E-state index is 9.48. The van der Waals surface area contributed by atoms with E-state index >= 15 is 0 Å². The van der Waals surface area contributed by atoms with Gasteiger partial charge in [-0.2, -0.15) is 10.5 Å². The quantitative estimate of drug-likeness (QED) is 0.245. The van der Waals surface area contributed by atoms with Crippen LogP contribution in [0.25, 0.3) is 38.4 Å². The fourth-order valence-corrected chi connectivity index (χ4v) is 3.67. The van der Waals surface area contributed by atoms with Crippen molar-refractivity contribution in [2.75, 3.05) is 0 Å². The zero-order chi connectivity index (χ0) is 19.0. The van der Waals surface area contributed by atoms with E-state index in [9.17, 15) is 10.5 Å². The molecule has 0 aliphatic carbocycles. The lowest BCUT2D eigenvalue weighted by Gasteiger charge is -2.14. The first-order valence-corrected chi connectivity index (χ1v) is 8.57. The van der Waals surface area contributed by atoms with E-state index in [2.05, 4.69) is 48.1 Å². The molecular weight excluding hydrogens is 330 g/mol. The number of nitriles is 2. The molecule has 0 unspecified atom stereocenters. The maximum atomic E-state index is 9.48. The molecule has 0 atom stereocenters. The summed E-state index contributed by atoms with van der Waals surface area (Å²) >= 11 is 0. The largest absolute Gasteiger partial charge is 0.263 e. The van der Waals surface area contributed by atoms with Crippen molar-refractivity contribution in [3.63, 3.8) is 0 Å². The van der Waals surface area contributed by atoms with Crippen LogP contribution in [-0.2, 0) is 0 Å². The van der Waals surface area contributed by atoms with Gasteiger partial charge in [0.15, 0.2) is 0 Å². The van der Waals surface area contributed by atoms with Crippen LogP contribution in [0, 0.1) is 22.7 Å². The van der Waals surface area contributed by atoms with E-state index in [1.165, 1.54) is 0 Å². The molecule has 3 heteroatoms. The number of aliphatic imine (C=N–C) groups is 1. The van der Waals surface area contributed by atoms with Crippen molar-refractivity contribution in [3.05, 3.63) is 71.3 Å². The minimum absolute atomic E-state index is 0.367. The standard InChI is InChI=1S/C24H15N3/c1-3-6-19-20-11-17(13-25)18(14-26)12-21(20)22-9-15-7-4-5-8-16(15)10-23(22)24(19)27-2/h3-12H,2H2,1H3/b6-3-. The molecule has 4 rings (SSSR count). The highest BCUT2D eigenvalue weighted by Crippen LogP contribution is 2.41. The van der Waals surface area contributed by atoms with Crippen LogP contribution in [0.15, 0.2) is 59.6 Å². The van der Waals surface area contributed by atoms with Crippen LogP contribution in [0.2, 0.25) is 0 Å². The van der Waals surface area contributed by atoms with Crippen molar-refractivity contribution >= 4 is 50.8 Å². The molecule has 4 aromatic rings. The molecule has 0 aliphatic heterocycles. The Kier molecular flexibility index (Phi) is 3.92. The summed E-state index contributed by atoms with van der Waals surface area (Å²) in [6, 6.07) is 20.3. The van der Waals surface area contributed by atoms with Gasteiger partial charge in [0.2, 0.25) is 0 Å². The molecule has 0 spiro atoms. The number of hydrogen-bond acceptors (Lipinski definition) is 3. The Morgan fingerprint density at radius 3 is 1.96 bits per heavy atom. The van der Waals surface area contributed by atoms with E-state index in [-0.39, 0.29) is 0 Å². The van der Waals surface area contributed by atoms with E-state index in [1.54, 1.807) is 6.07 Å². The lowest BCUT2D eigenvalue weighted by molar-refractivity contribution is 1.44. The minimum atomic E-state index is 0.367. The molecule has 0 radical (unpaired) electrons. The summed E-state index contributed by atoms with van der Waals surface area (Å²) in [4.78, 5) is 4.32. The molecule has 3 nitrogen and oxygen atoms in total. The Balaban J connectivity index is 2.35. The van der Waals surface area contributed by atoms with Crippen molar-refractivity contribution < 1.29 is 0 Å². The predicted molar refractivity (Wildman–Crippen MR) is 112 cm³/mol. The molecule has 4 aromatic carbocycles. The second-order valence-electron chi connectivity index (χ2n) is 6.33. The number of benzene rings is 4. The third-order valence-corrected chi connectivity index (χ3v) is 4.87. The summed E-state index contributed by atoms with van der Waals surface area (Å²) in [6.07, 6.45) is 3.93. The number of rotatable bonds is 2. The van der Waals surface area contributed by atoms with Crippen LogP contribution in [0.5, 0.6) is 0 Å². The van der Waals surface area contributed by atoms with Gasteiger partial charge in [-0.25, -0.2) is 0 Å². The first-order chi connectivity index (χ1) is 13.2. The molecular formula is C24H15N3. The Bertz CT molecular complexity index is 1360. The van der Waals surface area contributed by atoms with Gasteiger partial charge in [0.1, 0.15) is 12.1 Å². The van der Waals surface area contributed by atoms with Gasteiger partial charge in [-0.1, -0.05) is 36.4 Å². The number of hydrogen-bond donors (Lipinski definition) is 0. The number of fused-ring (bicyclic) bond motifs is 4. The highest BCUT2D eigenvalue weighted by Gasteiger charge is 2.15. The van der Waals surface area contributed by atoms with E-state index in [1.807, 2.05) is 37.3 Å². The molecule has 0 fully saturated rings. The molecule has 0 heterocycles. The normalized spacial score (nSPS) is 11.1. The smallest absolute Gasteiger partial charge is 0.101 e. The maximum Gasteiger partial charge on any atom is 0.101 e. The summed E-state index contributed by atoms with van der Waals surface area (Å²) in [5.41, 5.74) is 2.44. The SMILES string of the molecule is C=Nc1c(/C=C\C)c2cc(C#N)c(C#N)cc2c2cc3ccccc3cc12. The average molecular weight is 345 g/mol. The number of allylic oxidation sites excluding steroid dienone is 1. The number of nitrogens with zero attached hydrogens (tertiary/aromatic N) is 3. The van der Waals surface area contributed by atoms with Gasteiger partial charge in [-0.15, -0.1) is 0 Å². The van der Waals surface area contributed by atoms with Crippen molar-refractivity contribution in [3.8, 4) is 12.1 Å². The predicted octanol–water partition coefficient (Wildman–Crippen LogP) is 6.25. The average Bonchev–Trinajstić information content (AvgIpc) is 2.71. The van der Waals surface area contributed by atoms with Gasteiger partial charge in [-0.05, 0) is 64.8 Å². The molecule has 0 saturated carbocycles. The monoisotopic (exact) mass is 345 g/mol. The third kappa shape index (κ3) is 2.46. The molecule has 0 N–H and O–H groups in total. The highest BCUT2D eigenvalue weighted by molar-refractivity contribution is 6.20. The van der Waals surface area contributed by atoms with Gasteiger partial charge < -0.3 is 0 Å². The zero-order valence-electron chi connectivity index (χ0n) is 14.8. The Morgan fingerprint density at radius 1 is 0.852 bits per heavy atom. The van der Waals surface area contributed by atoms with E-state index in [0.717, 1.165) is 43.6 Å².